The van der Waals surface area contributed by atoms with Gasteiger partial charge in [0.25, 0.3) is 5.91 Å². The minimum absolute atomic E-state index is 0. The van der Waals surface area contributed by atoms with E-state index in [1.54, 1.807) is 6.07 Å². The van der Waals surface area contributed by atoms with Crippen molar-refractivity contribution in [2.75, 3.05) is 26.2 Å². The van der Waals surface area contributed by atoms with Crippen molar-refractivity contribution in [2.24, 2.45) is 0 Å². The number of nitrogens with one attached hydrogen (secondary N) is 2. The molecule has 0 saturated carbocycles. The molecule has 7 heteroatoms. The lowest BCUT2D eigenvalue weighted by Crippen LogP contribution is -2.48. The van der Waals surface area contributed by atoms with Gasteiger partial charge < -0.3 is 20.5 Å². The molecule has 1 aliphatic rings. The number of rotatable bonds is 4. The number of aliphatic hydroxyl groups excluding tert-OH is 1. The zero-order valence-electron chi connectivity index (χ0n) is 10.8. The first-order valence-electron chi connectivity index (χ1n) is 6.20. The maximum absolute atomic E-state index is 13.0. The Bertz CT molecular complexity index is 441. The smallest absolute Gasteiger partial charge is 0.250 e. The van der Waals surface area contributed by atoms with Crippen molar-refractivity contribution in [3.8, 4) is 0 Å². The van der Waals surface area contributed by atoms with Crippen molar-refractivity contribution in [3.63, 3.8) is 0 Å². The van der Waals surface area contributed by atoms with Gasteiger partial charge in [0.2, 0.25) is 0 Å². The summed E-state index contributed by atoms with van der Waals surface area (Å²) in [6.07, 6.45) is -1.47. The maximum atomic E-state index is 13.0. The molecule has 0 aliphatic carbocycles. The Morgan fingerprint density at radius 2 is 2.40 bits per heavy atom. The molecule has 0 radical (unpaired) electrons. The Balaban J connectivity index is 0.00000200. The van der Waals surface area contributed by atoms with E-state index in [4.69, 9.17) is 4.74 Å². The summed E-state index contributed by atoms with van der Waals surface area (Å²) in [6, 6.07) is 5.67. The lowest BCUT2D eigenvalue weighted by molar-refractivity contribution is -0.134. The van der Waals surface area contributed by atoms with Crippen LogP contribution in [0.1, 0.15) is 11.7 Å². The molecule has 1 aromatic carbocycles. The lowest BCUT2D eigenvalue weighted by Gasteiger charge is -2.23. The predicted octanol–water partition coefficient (Wildman–Crippen LogP) is 0.385. The van der Waals surface area contributed by atoms with Crippen molar-refractivity contribution in [1.82, 2.24) is 10.6 Å². The van der Waals surface area contributed by atoms with Crippen LogP contribution in [0.3, 0.4) is 0 Å². The number of halogens is 2. The highest BCUT2D eigenvalue weighted by Crippen LogP contribution is 2.13. The minimum Gasteiger partial charge on any atom is -0.387 e. The Morgan fingerprint density at radius 3 is 3.05 bits per heavy atom. The summed E-state index contributed by atoms with van der Waals surface area (Å²) in [7, 11) is 0. The lowest BCUT2D eigenvalue weighted by atomic mass is 10.1. The van der Waals surface area contributed by atoms with E-state index in [1.165, 1.54) is 18.2 Å². The fourth-order valence-corrected chi connectivity index (χ4v) is 1.88. The SMILES string of the molecule is Cl.O=C(NCC(O)c1cccc(F)c1)C1CNCCO1. The molecule has 1 fully saturated rings. The number of carbonyl (C=O) groups is 1. The van der Waals surface area contributed by atoms with E-state index in [2.05, 4.69) is 10.6 Å². The van der Waals surface area contributed by atoms with Crippen LogP contribution in [0.4, 0.5) is 4.39 Å². The third-order valence-electron chi connectivity index (χ3n) is 2.92. The van der Waals surface area contributed by atoms with Gasteiger partial charge in [-0.25, -0.2) is 4.39 Å². The molecule has 5 nitrogen and oxygen atoms in total. The summed E-state index contributed by atoms with van der Waals surface area (Å²) >= 11 is 0. The summed E-state index contributed by atoms with van der Waals surface area (Å²) in [6.45, 7) is 1.71. The van der Waals surface area contributed by atoms with E-state index in [1.807, 2.05) is 0 Å². The van der Waals surface area contributed by atoms with Gasteiger partial charge in [0.1, 0.15) is 11.9 Å². The zero-order chi connectivity index (χ0) is 13.7. The molecular formula is C13H18ClFN2O3. The molecule has 20 heavy (non-hydrogen) atoms. The second kappa shape index (κ2) is 8.16. The average molecular weight is 305 g/mol. The third kappa shape index (κ3) is 4.72. The third-order valence-corrected chi connectivity index (χ3v) is 2.92. The molecule has 1 saturated heterocycles. The van der Waals surface area contributed by atoms with Crippen LogP contribution in [-0.4, -0.2) is 43.4 Å². The van der Waals surface area contributed by atoms with Crippen LogP contribution in [0.2, 0.25) is 0 Å². The van der Waals surface area contributed by atoms with E-state index in [0.29, 0.717) is 18.7 Å². The van der Waals surface area contributed by atoms with Gasteiger partial charge in [-0.05, 0) is 17.7 Å². The van der Waals surface area contributed by atoms with Crippen LogP contribution >= 0.6 is 12.4 Å². The summed E-state index contributed by atoms with van der Waals surface area (Å²) in [4.78, 5) is 11.7. The summed E-state index contributed by atoms with van der Waals surface area (Å²) in [5.74, 6) is -0.689. The monoisotopic (exact) mass is 304 g/mol. The van der Waals surface area contributed by atoms with E-state index < -0.39 is 18.0 Å². The van der Waals surface area contributed by atoms with Crippen LogP contribution in [0.25, 0.3) is 0 Å². The van der Waals surface area contributed by atoms with Crippen molar-refractivity contribution in [2.45, 2.75) is 12.2 Å². The number of carbonyl (C=O) groups excluding carboxylic acids is 1. The second-order valence-electron chi connectivity index (χ2n) is 4.38. The number of hydrogen-bond acceptors (Lipinski definition) is 4. The Morgan fingerprint density at radius 1 is 1.60 bits per heavy atom. The van der Waals surface area contributed by atoms with Gasteiger partial charge in [-0.3, -0.25) is 4.79 Å². The molecule has 0 spiro atoms. The van der Waals surface area contributed by atoms with E-state index >= 15 is 0 Å². The first kappa shape index (κ1) is 16.8. The summed E-state index contributed by atoms with van der Waals surface area (Å²) < 4.78 is 18.3. The number of morpholine rings is 1. The number of benzene rings is 1. The van der Waals surface area contributed by atoms with Crippen LogP contribution in [0, 0.1) is 5.82 Å². The normalized spacial score (nSPS) is 19.8. The molecule has 2 rings (SSSR count). The van der Waals surface area contributed by atoms with E-state index in [-0.39, 0.29) is 24.9 Å². The first-order chi connectivity index (χ1) is 9.16. The summed E-state index contributed by atoms with van der Waals surface area (Å²) in [5.41, 5.74) is 0.433. The fourth-order valence-electron chi connectivity index (χ4n) is 1.88. The molecule has 2 atom stereocenters. The molecule has 1 amide bonds. The second-order valence-corrected chi connectivity index (χ2v) is 4.38. The number of amides is 1. The molecule has 3 N–H and O–H groups in total. The first-order valence-corrected chi connectivity index (χ1v) is 6.20. The van der Waals surface area contributed by atoms with E-state index in [0.717, 1.165) is 6.54 Å². The minimum atomic E-state index is -0.934. The number of hydrogen-bond donors (Lipinski definition) is 3. The van der Waals surface area contributed by atoms with Crippen LogP contribution < -0.4 is 10.6 Å². The van der Waals surface area contributed by atoms with E-state index in [9.17, 15) is 14.3 Å². The highest BCUT2D eigenvalue weighted by molar-refractivity contribution is 5.85. The molecule has 112 valence electrons. The predicted molar refractivity (Wildman–Crippen MR) is 74.2 cm³/mol. The molecule has 1 aromatic rings. The Kier molecular flexibility index (Phi) is 6.87. The molecule has 0 bridgehead atoms. The van der Waals surface area contributed by atoms with Gasteiger partial charge in [0.15, 0.2) is 0 Å². The highest BCUT2D eigenvalue weighted by Gasteiger charge is 2.22. The number of ether oxygens (including phenoxy) is 1. The molecule has 1 aliphatic heterocycles. The van der Waals surface area contributed by atoms with Crippen molar-refractivity contribution < 1.29 is 19.0 Å². The zero-order valence-corrected chi connectivity index (χ0v) is 11.7. The van der Waals surface area contributed by atoms with Crippen LogP contribution in [0.15, 0.2) is 24.3 Å². The Labute approximate surface area is 122 Å². The van der Waals surface area contributed by atoms with Gasteiger partial charge in [-0.2, -0.15) is 0 Å². The highest BCUT2D eigenvalue weighted by atomic mass is 35.5. The van der Waals surface area contributed by atoms with Gasteiger partial charge in [0, 0.05) is 19.6 Å². The largest absolute Gasteiger partial charge is 0.387 e. The standard InChI is InChI=1S/C13H17FN2O3.ClH/c14-10-3-1-2-9(6-10)11(17)7-16-13(18)12-8-15-4-5-19-12;/h1-3,6,11-12,15,17H,4-5,7-8H2,(H,16,18);1H. The number of aliphatic hydroxyl groups is 1. The van der Waals surface area contributed by atoms with Crippen LogP contribution in [-0.2, 0) is 9.53 Å². The maximum Gasteiger partial charge on any atom is 0.250 e. The molecule has 1 heterocycles. The van der Waals surface area contributed by atoms with Gasteiger partial charge in [0.05, 0.1) is 12.7 Å². The molecular weight excluding hydrogens is 287 g/mol. The van der Waals surface area contributed by atoms with Crippen molar-refractivity contribution in [3.05, 3.63) is 35.6 Å². The quantitative estimate of drug-likeness (QED) is 0.752. The average Bonchev–Trinajstić information content (AvgIpc) is 2.45. The van der Waals surface area contributed by atoms with Gasteiger partial charge in [-0.15, -0.1) is 12.4 Å². The van der Waals surface area contributed by atoms with Gasteiger partial charge >= 0.3 is 0 Å². The summed E-state index contributed by atoms with van der Waals surface area (Å²) in [5, 5.41) is 15.5. The van der Waals surface area contributed by atoms with Crippen molar-refractivity contribution >= 4 is 18.3 Å². The Hall–Kier alpha value is -1.21. The van der Waals surface area contributed by atoms with Crippen LogP contribution in [0.5, 0.6) is 0 Å². The molecule has 2 unspecified atom stereocenters. The molecule has 0 aromatic heterocycles. The van der Waals surface area contributed by atoms with Crippen molar-refractivity contribution in [1.29, 1.82) is 0 Å². The fraction of sp³-hybridized carbons (Fsp3) is 0.462. The van der Waals surface area contributed by atoms with Gasteiger partial charge in [-0.1, -0.05) is 12.1 Å². The topological polar surface area (TPSA) is 70.6 Å².